The Morgan fingerprint density at radius 2 is 1.84 bits per heavy atom. The maximum absolute atomic E-state index is 13.4. The minimum absolute atomic E-state index is 0.0685. The van der Waals surface area contributed by atoms with Crippen molar-refractivity contribution in [3.05, 3.63) is 82.3 Å². The van der Waals surface area contributed by atoms with E-state index >= 15 is 0 Å². The summed E-state index contributed by atoms with van der Waals surface area (Å²) in [6.07, 6.45) is 1.37. The summed E-state index contributed by atoms with van der Waals surface area (Å²) >= 11 is 0. The summed E-state index contributed by atoms with van der Waals surface area (Å²) < 4.78 is 23.3. The number of ketones is 1. The molecule has 8 heteroatoms. The van der Waals surface area contributed by atoms with Crippen LogP contribution in [-0.4, -0.2) is 40.7 Å². The number of aryl methyl sites for hydroxylation is 1. The standard InChI is InChI=1S/C23H23FN2O5/c1-13-19(14(2)25-20(13)23(29)30-4)21(27)15(3)26(22(28)18-6-5-11-31-18)12-16-7-9-17(24)10-8-16/h5-11,15,25H,12H2,1-4H3/t15-/m1/s1. The number of hydrogen-bond donors (Lipinski definition) is 1. The van der Waals surface area contributed by atoms with Gasteiger partial charge < -0.3 is 19.0 Å². The molecule has 162 valence electrons. The second-order valence-corrected chi connectivity index (χ2v) is 7.19. The minimum atomic E-state index is -0.888. The van der Waals surface area contributed by atoms with E-state index in [-0.39, 0.29) is 23.8 Å². The van der Waals surface area contributed by atoms with Gasteiger partial charge in [0.25, 0.3) is 5.91 Å². The van der Waals surface area contributed by atoms with Gasteiger partial charge in [0, 0.05) is 17.8 Å². The van der Waals surface area contributed by atoms with E-state index in [1.165, 1.54) is 36.5 Å². The zero-order chi connectivity index (χ0) is 22.7. The van der Waals surface area contributed by atoms with E-state index in [0.717, 1.165) is 0 Å². The molecule has 0 aliphatic rings. The van der Waals surface area contributed by atoms with Crippen molar-refractivity contribution in [1.29, 1.82) is 0 Å². The number of rotatable bonds is 7. The number of furan rings is 1. The zero-order valence-corrected chi connectivity index (χ0v) is 17.7. The molecule has 3 rings (SSSR count). The van der Waals surface area contributed by atoms with Gasteiger partial charge in [-0.1, -0.05) is 12.1 Å². The van der Waals surface area contributed by atoms with Gasteiger partial charge in [0.05, 0.1) is 19.4 Å². The van der Waals surface area contributed by atoms with E-state index in [1.54, 1.807) is 39.0 Å². The van der Waals surface area contributed by atoms with E-state index in [9.17, 15) is 18.8 Å². The third-order valence-electron chi connectivity index (χ3n) is 5.18. The van der Waals surface area contributed by atoms with Gasteiger partial charge in [-0.3, -0.25) is 9.59 Å². The van der Waals surface area contributed by atoms with Crippen LogP contribution in [0.3, 0.4) is 0 Å². The van der Waals surface area contributed by atoms with Crippen molar-refractivity contribution in [2.24, 2.45) is 0 Å². The fourth-order valence-corrected chi connectivity index (χ4v) is 3.49. The number of amides is 1. The zero-order valence-electron chi connectivity index (χ0n) is 17.7. The molecule has 0 aliphatic heterocycles. The van der Waals surface area contributed by atoms with Crippen molar-refractivity contribution in [3.8, 4) is 0 Å². The van der Waals surface area contributed by atoms with Gasteiger partial charge in [-0.05, 0) is 56.2 Å². The monoisotopic (exact) mass is 426 g/mol. The number of aromatic amines is 1. The lowest BCUT2D eigenvalue weighted by atomic mass is 9.99. The molecule has 0 aliphatic carbocycles. The Kier molecular flexibility index (Phi) is 6.39. The average molecular weight is 426 g/mol. The van der Waals surface area contributed by atoms with Crippen LogP contribution in [0.25, 0.3) is 0 Å². The smallest absolute Gasteiger partial charge is 0.354 e. The predicted molar refractivity (Wildman–Crippen MR) is 110 cm³/mol. The van der Waals surface area contributed by atoms with Gasteiger partial charge >= 0.3 is 5.97 Å². The summed E-state index contributed by atoms with van der Waals surface area (Å²) in [5, 5.41) is 0. The highest BCUT2D eigenvalue weighted by Crippen LogP contribution is 2.24. The first-order chi connectivity index (χ1) is 14.7. The molecule has 2 heterocycles. The average Bonchev–Trinajstić information content (AvgIpc) is 3.39. The van der Waals surface area contributed by atoms with Gasteiger partial charge in [-0.25, -0.2) is 9.18 Å². The van der Waals surface area contributed by atoms with E-state index < -0.39 is 23.7 Å². The molecule has 0 saturated heterocycles. The van der Waals surface area contributed by atoms with E-state index in [2.05, 4.69) is 4.98 Å². The molecule has 1 N–H and O–H groups in total. The number of nitrogens with zero attached hydrogens (tertiary/aromatic N) is 1. The summed E-state index contributed by atoms with van der Waals surface area (Å²) in [5.74, 6) is -1.72. The molecule has 0 unspecified atom stereocenters. The number of carbonyl (C=O) groups is 3. The number of aromatic nitrogens is 1. The molecule has 1 atom stereocenters. The molecule has 3 aromatic rings. The van der Waals surface area contributed by atoms with Crippen molar-refractivity contribution in [3.63, 3.8) is 0 Å². The number of H-pyrrole nitrogens is 1. The number of carbonyl (C=O) groups excluding carboxylic acids is 3. The van der Waals surface area contributed by atoms with Crippen molar-refractivity contribution >= 4 is 17.7 Å². The van der Waals surface area contributed by atoms with Crippen LogP contribution in [0.2, 0.25) is 0 Å². The molecule has 1 aromatic carbocycles. The summed E-state index contributed by atoms with van der Waals surface area (Å²) in [4.78, 5) is 42.8. The maximum atomic E-state index is 13.4. The number of halogens is 1. The fourth-order valence-electron chi connectivity index (χ4n) is 3.49. The Morgan fingerprint density at radius 1 is 1.16 bits per heavy atom. The number of nitrogens with one attached hydrogen (secondary N) is 1. The first-order valence-electron chi connectivity index (χ1n) is 9.65. The molecule has 0 bridgehead atoms. The van der Waals surface area contributed by atoms with Crippen molar-refractivity contribution in [2.45, 2.75) is 33.4 Å². The molecule has 0 radical (unpaired) electrons. The largest absolute Gasteiger partial charge is 0.464 e. The lowest BCUT2D eigenvalue weighted by Gasteiger charge is -2.28. The fraction of sp³-hybridized carbons (Fsp3) is 0.261. The molecule has 0 fully saturated rings. The molecular weight excluding hydrogens is 403 g/mol. The van der Waals surface area contributed by atoms with Gasteiger partial charge in [0.1, 0.15) is 11.5 Å². The molecular formula is C23H23FN2O5. The number of Topliss-reactive ketones (excluding diaryl/α,β-unsaturated/α-hetero) is 1. The second-order valence-electron chi connectivity index (χ2n) is 7.19. The third kappa shape index (κ3) is 4.42. The Balaban J connectivity index is 1.97. The van der Waals surface area contributed by atoms with Crippen LogP contribution in [-0.2, 0) is 11.3 Å². The van der Waals surface area contributed by atoms with Crippen LogP contribution in [0.1, 0.15) is 55.1 Å². The van der Waals surface area contributed by atoms with Crippen LogP contribution in [0.4, 0.5) is 4.39 Å². The van der Waals surface area contributed by atoms with E-state index in [4.69, 9.17) is 9.15 Å². The van der Waals surface area contributed by atoms with Crippen LogP contribution < -0.4 is 0 Å². The van der Waals surface area contributed by atoms with E-state index in [1.807, 2.05) is 0 Å². The molecule has 7 nitrogen and oxygen atoms in total. The Labute approximate surface area is 178 Å². The highest BCUT2D eigenvalue weighted by atomic mass is 19.1. The molecule has 31 heavy (non-hydrogen) atoms. The molecule has 0 spiro atoms. The lowest BCUT2D eigenvalue weighted by Crippen LogP contribution is -2.43. The first kappa shape index (κ1) is 22.0. The van der Waals surface area contributed by atoms with Gasteiger partial charge in [0.15, 0.2) is 11.5 Å². The van der Waals surface area contributed by atoms with Gasteiger partial charge in [-0.15, -0.1) is 0 Å². The van der Waals surface area contributed by atoms with Crippen molar-refractivity contribution in [1.82, 2.24) is 9.88 Å². The minimum Gasteiger partial charge on any atom is -0.464 e. The van der Waals surface area contributed by atoms with Gasteiger partial charge in [0.2, 0.25) is 0 Å². The molecule has 0 saturated carbocycles. The topological polar surface area (TPSA) is 92.6 Å². The summed E-state index contributed by atoms with van der Waals surface area (Å²) in [7, 11) is 1.26. The normalized spacial score (nSPS) is 11.8. The summed E-state index contributed by atoms with van der Waals surface area (Å²) in [6, 6.07) is 7.90. The molecule has 1 amide bonds. The SMILES string of the molecule is COC(=O)c1[nH]c(C)c(C(=O)[C@@H](C)N(Cc2ccc(F)cc2)C(=O)c2ccco2)c1C. The van der Waals surface area contributed by atoms with Crippen LogP contribution in [0.15, 0.2) is 47.1 Å². The van der Waals surface area contributed by atoms with Crippen LogP contribution >= 0.6 is 0 Å². The Hall–Kier alpha value is -3.68. The van der Waals surface area contributed by atoms with E-state index in [0.29, 0.717) is 22.4 Å². The maximum Gasteiger partial charge on any atom is 0.354 e. The van der Waals surface area contributed by atoms with Crippen molar-refractivity contribution < 1.29 is 27.9 Å². The van der Waals surface area contributed by atoms with Crippen LogP contribution in [0, 0.1) is 19.7 Å². The number of ether oxygens (including phenoxy) is 1. The Morgan fingerprint density at radius 3 is 2.42 bits per heavy atom. The number of hydrogen-bond acceptors (Lipinski definition) is 5. The third-order valence-corrected chi connectivity index (χ3v) is 5.18. The Bertz CT molecular complexity index is 1100. The second kappa shape index (κ2) is 8.99. The highest BCUT2D eigenvalue weighted by Gasteiger charge is 2.32. The number of benzene rings is 1. The summed E-state index contributed by atoms with van der Waals surface area (Å²) in [6.45, 7) is 5.00. The molecule has 2 aromatic heterocycles. The predicted octanol–water partition coefficient (Wildman–Crippen LogP) is 4.06. The summed E-state index contributed by atoms with van der Waals surface area (Å²) in [5.41, 5.74) is 2.12. The number of methoxy groups -OCH3 is 1. The van der Waals surface area contributed by atoms with Crippen LogP contribution in [0.5, 0.6) is 0 Å². The quantitative estimate of drug-likeness (QED) is 0.454. The number of esters is 1. The van der Waals surface area contributed by atoms with Crippen molar-refractivity contribution in [2.75, 3.05) is 7.11 Å². The van der Waals surface area contributed by atoms with Gasteiger partial charge in [-0.2, -0.15) is 0 Å². The highest BCUT2D eigenvalue weighted by molar-refractivity contribution is 6.07. The lowest BCUT2D eigenvalue weighted by molar-refractivity contribution is 0.0583. The first-order valence-corrected chi connectivity index (χ1v) is 9.65.